The summed E-state index contributed by atoms with van der Waals surface area (Å²) in [6.45, 7) is 5.54. The maximum atomic E-state index is 13.2. The molecule has 1 heterocycles. The molecule has 2 N–H and O–H groups in total. The summed E-state index contributed by atoms with van der Waals surface area (Å²) in [5.41, 5.74) is 0.467. The molecule has 0 aliphatic heterocycles. The molecular formula is C13H16FN3O2. The minimum Gasteiger partial charge on any atom is -0.505 e. The lowest BCUT2D eigenvalue weighted by Gasteiger charge is -2.03. The van der Waals surface area contributed by atoms with Crippen LogP contribution in [0.25, 0.3) is 11.4 Å². The van der Waals surface area contributed by atoms with Gasteiger partial charge in [0.05, 0.1) is 6.54 Å². The molecule has 102 valence electrons. The molecule has 2 aromatic rings. The molecular weight excluding hydrogens is 249 g/mol. The number of halogens is 1. The average Bonchev–Trinajstić information content (AvgIpc) is 2.81. The second-order valence-electron chi connectivity index (χ2n) is 4.70. The predicted molar refractivity (Wildman–Crippen MR) is 67.9 cm³/mol. The van der Waals surface area contributed by atoms with Gasteiger partial charge in [0.15, 0.2) is 11.6 Å². The van der Waals surface area contributed by atoms with Crippen molar-refractivity contribution in [2.24, 2.45) is 5.92 Å². The molecule has 6 heteroatoms. The van der Waals surface area contributed by atoms with Gasteiger partial charge in [0, 0.05) is 5.56 Å². The van der Waals surface area contributed by atoms with Gasteiger partial charge in [0.2, 0.25) is 11.7 Å². The van der Waals surface area contributed by atoms with Gasteiger partial charge >= 0.3 is 0 Å². The summed E-state index contributed by atoms with van der Waals surface area (Å²) >= 11 is 0. The molecule has 0 spiro atoms. The fourth-order valence-electron chi connectivity index (χ4n) is 1.56. The molecule has 0 unspecified atom stereocenters. The molecule has 5 nitrogen and oxygen atoms in total. The van der Waals surface area contributed by atoms with E-state index in [-0.39, 0.29) is 0 Å². The minimum atomic E-state index is -0.707. The zero-order chi connectivity index (χ0) is 13.8. The second-order valence-corrected chi connectivity index (χ2v) is 4.70. The van der Waals surface area contributed by atoms with Gasteiger partial charge in [-0.3, -0.25) is 0 Å². The maximum Gasteiger partial charge on any atom is 0.240 e. The lowest BCUT2D eigenvalue weighted by molar-refractivity contribution is 0.364. The first kappa shape index (κ1) is 13.5. The van der Waals surface area contributed by atoms with E-state index in [1.54, 1.807) is 0 Å². The lowest BCUT2D eigenvalue weighted by atomic mass is 10.2. The highest BCUT2D eigenvalue weighted by molar-refractivity contribution is 5.55. The van der Waals surface area contributed by atoms with Gasteiger partial charge in [0.25, 0.3) is 0 Å². The van der Waals surface area contributed by atoms with E-state index in [1.165, 1.54) is 18.2 Å². The van der Waals surface area contributed by atoms with Crippen LogP contribution in [0.1, 0.15) is 19.7 Å². The van der Waals surface area contributed by atoms with E-state index in [9.17, 15) is 4.39 Å². The summed E-state index contributed by atoms with van der Waals surface area (Å²) < 4.78 is 18.3. The van der Waals surface area contributed by atoms with Crippen molar-refractivity contribution in [3.05, 3.63) is 29.9 Å². The Labute approximate surface area is 110 Å². The highest BCUT2D eigenvalue weighted by atomic mass is 19.1. The molecule has 0 saturated heterocycles. The first-order valence-electron chi connectivity index (χ1n) is 6.08. The van der Waals surface area contributed by atoms with Gasteiger partial charge in [-0.2, -0.15) is 4.98 Å². The molecule has 2 rings (SSSR count). The number of phenols is 1. The number of aromatic hydroxyl groups is 1. The third-order valence-electron chi connectivity index (χ3n) is 2.50. The summed E-state index contributed by atoms with van der Waals surface area (Å²) in [5, 5.41) is 16.1. The van der Waals surface area contributed by atoms with Crippen molar-refractivity contribution in [3.63, 3.8) is 0 Å². The van der Waals surface area contributed by atoms with Crippen molar-refractivity contribution in [1.82, 2.24) is 15.5 Å². The van der Waals surface area contributed by atoms with Crippen LogP contribution in [0.15, 0.2) is 22.7 Å². The average molecular weight is 265 g/mol. The van der Waals surface area contributed by atoms with Crippen LogP contribution in [0.4, 0.5) is 4.39 Å². The van der Waals surface area contributed by atoms with Crippen LogP contribution in [-0.4, -0.2) is 21.8 Å². The number of phenolic OH excluding ortho intramolecular Hbond substituents is 1. The number of nitrogens with zero attached hydrogens (tertiary/aromatic N) is 2. The molecule has 0 saturated carbocycles. The molecule has 0 fully saturated rings. The molecule has 0 aliphatic rings. The quantitative estimate of drug-likeness (QED) is 0.868. The first-order valence-corrected chi connectivity index (χ1v) is 6.08. The maximum absolute atomic E-state index is 13.2. The largest absolute Gasteiger partial charge is 0.505 e. The molecule has 19 heavy (non-hydrogen) atoms. The molecule has 0 aliphatic carbocycles. The fraction of sp³-hybridized carbons (Fsp3) is 0.385. The van der Waals surface area contributed by atoms with Crippen molar-refractivity contribution in [3.8, 4) is 17.1 Å². The Kier molecular flexibility index (Phi) is 4.11. The topological polar surface area (TPSA) is 71.2 Å². The molecule has 0 radical (unpaired) electrons. The highest BCUT2D eigenvalue weighted by Gasteiger charge is 2.10. The monoisotopic (exact) mass is 265 g/mol. The summed E-state index contributed by atoms with van der Waals surface area (Å²) in [6.07, 6.45) is 0. The molecule has 1 aromatic heterocycles. The number of aromatic nitrogens is 2. The number of rotatable bonds is 5. The SMILES string of the molecule is CC(C)CNCc1nc(-c2ccc(O)c(F)c2)no1. The number of hydrogen-bond donors (Lipinski definition) is 2. The van der Waals surface area contributed by atoms with Gasteiger partial charge in [-0.15, -0.1) is 0 Å². The van der Waals surface area contributed by atoms with E-state index in [0.29, 0.717) is 29.7 Å². The lowest BCUT2D eigenvalue weighted by Crippen LogP contribution is -2.19. The van der Waals surface area contributed by atoms with Crippen LogP contribution < -0.4 is 5.32 Å². The molecule has 0 atom stereocenters. The van der Waals surface area contributed by atoms with Gasteiger partial charge in [-0.05, 0) is 30.7 Å². The summed E-state index contributed by atoms with van der Waals surface area (Å²) in [6, 6.07) is 3.97. The van der Waals surface area contributed by atoms with E-state index in [4.69, 9.17) is 9.63 Å². The third kappa shape index (κ3) is 3.51. The first-order chi connectivity index (χ1) is 9.06. The van der Waals surface area contributed by atoms with Crippen LogP contribution in [0.5, 0.6) is 5.75 Å². The van der Waals surface area contributed by atoms with Crippen LogP contribution in [-0.2, 0) is 6.54 Å². The van der Waals surface area contributed by atoms with Gasteiger partial charge < -0.3 is 14.9 Å². The van der Waals surface area contributed by atoms with Gasteiger partial charge in [0.1, 0.15) is 0 Å². The van der Waals surface area contributed by atoms with E-state index in [1.807, 2.05) is 0 Å². The predicted octanol–water partition coefficient (Wildman–Crippen LogP) is 2.33. The Bertz CT molecular complexity index is 555. The summed E-state index contributed by atoms with van der Waals surface area (Å²) in [7, 11) is 0. The smallest absolute Gasteiger partial charge is 0.240 e. The highest BCUT2D eigenvalue weighted by Crippen LogP contribution is 2.22. The Morgan fingerprint density at radius 3 is 2.89 bits per heavy atom. The van der Waals surface area contributed by atoms with E-state index < -0.39 is 11.6 Å². The van der Waals surface area contributed by atoms with Crippen molar-refractivity contribution in [2.75, 3.05) is 6.54 Å². The fourth-order valence-corrected chi connectivity index (χ4v) is 1.56. The standard InChI is InChI=1S/C13H16FN3O2/c1-8(2)6-15-7-12-16-13(17-19-12)9-3-4-11(18)10(14)5-9/h3-5,8,15,18H,6-7H2,1-2H3. The zero-order valence-corrected chi connectivity index (χ0v) is 10.9. The van der Waals surface area contributed by atoms with Crippen molar-refractivity contribution in [1.29, 1.82) is 0 Å². The van der Waals surface area contributed by atoms with Gasteiger partial charge in [-0.25, -0.2) is 4.39 Å². The number of benzene rings is 1. The van der Waals surface area contributed by atoms with E-state index in [2.05, 4.69) is 29.3 Å². The molecule has 0 amide bonds. The van der Waals surface area contributed by atoms with Crippen molar-refractivity contribution >= 4 is 0 Å². The normalized spacial score (nSPS) is 11.2. The molecule has 1 aromatic carbocycles. The molecule has 0 bridgehead atoms. The van der Waals surface area contributed by atoms with E-state index >= 15 is 0 Å². The van der Waals surface area contributed by atoms with Crippen LogP contribution in [0.3, 0.4) is 0 Å². The van der Waals surface area contributed by atoms with Gasteiger partial charge in [-0.1, -0.05) is 19.0 Å². The van der Waals surface area contributed by atoms with Crippen LogP contribution in [0, 0.1) is 11.7 Å². The Hall–Kier alpha value is -1.95. The van der Waals surface area contributed by atoms with E-state index in [0.717, 1.165) is 6.54 Å². The minimum absolute atomic E-state index is 0.306. The Morgan fingerprint density at radius 2 is 2.21 bits per heavy atom. The van der Waals surface area contributed by atoms with Crippen LogP contribution >= 0.6 is 0 Å². The second kappa shape index (κ2) is 5.79. The third-order valence-corrected chi connectivity index (χ3v) is 2.50. The zero-order valence-electron chi connectivity index (χ0n) is 10.9. The van der Waals surface area contributed by atoms with Crippen LogP contribution in [0.2, 0.25) is 0 Å². The van der Waals surface area contributed by atoms with Crippen molar-refractivity contribution in [2.45, 2.75) is 20.4 Å². The van der Waals surface area contributed by atoms with Crippen molar-refractivity contribution < 1.29 is 14.0 Å². The number of hydrogen-bond acceptors (Lipinski definition) is 5. The Balaban J connectivity index is 2.05. The number of nitrogens with one attached hydrogen (secondary N) is 1. The summed E-state index contributed by atoms with van der Waals surface area (Å²) in [4.78, 5) is 4.16. The Morgan fingerprint density at radius 1 is 1.42 bits per heavy atom. The summed E-state index contributed by atoms with van der Waals surface area (Å²) in [5.74, 6) is 0.186.